The second-order valence-corrected chi connectivity index (χ2v) is 11.5. The van der Waals surface area contributed by atoms with Crippen LogP contribution in [0.15, 0.2) is 140 Å². The van der Waals surface area contributed by atoms with Crippen molar-refractivity contribution < 1.29 is 0 Å². The lowest BCUT2D eigenvalue weighted by Gasteiger charge is -2.11. The highest BCUT2D eigenvalue weighted by Crippen LogP contribution is 2.32. The number of hydrogen-bond donors (Lipinski definition) is 0. The van der Waals surface area contributed by atoms with Gasteiger partial charge < -0.3 is 0 Å². The molecule has 0 fully saturated rings. The van der Waals surface area contributed by atoms with E-state index in [9.17, 15) is 0 Å². The summed E-state index contributed by atoms with van der Waals surface area (Å²) in [5, 5.41) is 2.23. The molecule has 4 aromatic heterocycles. The molecule has 0 amide bonds. The first-order valence-electron chi connectivity index (χ1n) is 15.3. The van der Waals surface area contributed by atoms with Gasteiger partial charge in [0.15, 0.2) is 5.82 Å². The van der Waals surface area contributed by atoms with Crippen molar-refractivity contribution in [2.75, 3.05) is 0 Å². The van der Waals surface area contributed by atoms with Crippen molar-refractivity contribution in [3.05, 3.63) is 151 Å². The highest BCUT2D eigenvalue weighted by Gasteiger charge is 2.13. The van der Waals surface area contributed by atoms with Crippen LogP contribution in [-0.2, 0) is 0 Å². The van der Waals surface area contributed by atoms with Crippen LogP contribution < -0.4 is 0 Å². The third-order valence-electron chi connectivity index (χ3n) is 8.34. The maximum atomic E-state index is 5.11. The fourth-order valence-corrected chi connectivity index (χ4v) is 5.94. The van der Waals surface area contributed by atoms with Crippen LogP contribution in [0.3, 0.4) is 0 Å². The van der Waals surface area contributed by atoms with Crippen LogP contribution in [0.1, 0.15) is 11.3 Å². The monoisotopic (exact) mass is 591 g/mol. The van der Waals surface area contributed by atoms with Crippen molar-refractivity contribution in [3.63, 3.8) is 0 Å². The Labute approximate surface area is 267 Å². The van der Waals surface area contributed by atoms with E-state index in [1.807, 2.05) is 55.5 Å². The minimum atomic E-state index is 0.660. The van der Waals surface area contributed by atoms with Crippen molar-refractivity contribution in [3.8, 4) is 56.4 Å². The summed E-state index contributed by atoms with van der Waals surface area (Å²) in [6.45, 7) is 4.16. The van der Waals surface area contributed by atoms with Gasteiger partial charge in [-0.15, -0.1) is 0 Å². The molecule has 5 heteroatoms. The zero-order chi connectivity index (χ0) is 31.0. The van der Waals surface area contributed by atoms with E-state index in [1.165, 1.54) is 5.56 Å². The number of hydrogen-bond acceptors (Lipinski definition) is 5. The van der Waals surface area contributed by atoms with Gasteiger partial charge in [0.2, 0.25) is 0 Å². The van der Waals surface area contributed by atoms with E-state index in [2.05, 4.69) is 96.8 Å². The molecule has 0 spiro atoms. The van der Waals surface area contributed by atoms with Gasteiger partial charge in [-0.2, -0.15) is 0 Å². The highest BCUT2D eigenvalue weighted by atomic mass is 14.9. The molecule has 0 saturated heterocycles. The van der Waals surface area contributed by atoms with Gasteiger partial charge in [0, 0.05) is 39.4 Å². The molecule has 0 atom stereocenters. The largest absolute Gasteiger partial charge is 0.255 e. The zero-order valence-corrected chi connectivity index (χ0v) is 25.5. The molecular weight excluding hydrogens is 562 g/mol. The normalized spacial score (nSPS) is 11.3. The molecule has 4 aromatic carbocycles. The van der Waals surface area contributed by atoms with Crippen LogP contribution in [0.4, 0.5) is 0 Å². The lowest BCUT2D eigenvalue weighted by atomic mass is 9.99. The van der Waals surface area contributed by atoms with Crippen LogP contribution in [-0.4, -0.2) is 24.9 Å². The molecule has 46 heavy (non-hydrogen) atoms. The second-order valence-electron chi connectivity index (χ2n) is 11.5. The van der Waals surface area contributed by atoms with E-state index in [0.717, 1.165) is 78.1 Å². The van der Waals surface area contributed by atoms with E-state index in [1.54, 1.807) is 6.20 Å². The number of aryl methyl sites for hydroxylation is 2. The van der Waals surface area contributed by atoms with Crippen LogP contribution >= 0.6 is 0 Å². The smallest absolute Gasteiger partial charge is 0.160 e. The SMILES string of the molecule is Cc1ccc2ccc3c(C)cc(-c4ccc(-c5cccc(-c6nc(-c7ccccc7)cc(-c7ccccn7)n6)c5)cc4)nc3c2n1. The third kappa shape index (κ3) is 5.18. The van der Waals surface area contributed by atoms with Crippen molar-refractivity contribution in [2.24, 2.45) is 0 Å². The average Bonchev–Trinajstić information content (AvgIpc) is 3.12. The lowest BCUT2D eigenvalue weighted by Crippen LogP contribution is -1.97. The lowest BCUT2D eigenvalue weighted by molar-refractivity contribution is 1.16. The molecule has 0 aliphatic rings. The quantitative estimate of drug-likeness (QED) is 0.186. The van der Waals surface area contributed by atoms with Gasteiger partial charge in [-0.05, 0) is 66.9 Å². The fraction of sp³-hybridized carbons (Fsp3) is 0.0488. The van der Waals surface area contributed by atoms with Crippen molar-refractivity contribution in [1.82, 2.24) is 24.9 Å². The molecule has 0 saturated carbocycles. The van der Waals surface area contributed by atoms with Gasteiger partial charge in [0.05, 0.1) is 33.8 Å². The first kappa shape index (κ1) is 27.5. The molecule has 0 aliphatic heterocycles. The first-order chi connectivity index (χ1) is 22.6. The van der Waals surface area contributed by atoms with Crippen molar-refractivity contribution in [1.29, 1.82) is 0 Å². The average molecular weight is 592 g/mol. The Morgan fingerprint density at radius 1 is 0.413 bits per heavy atom. The molecular formula is C41H29N5. The first-order valence-corrected chi connectivity index (χ1v) is 15.3. The highest BCUT2D eigenvalue weighted by molar-refractivity contribution is 6.04. The molecule has 0 bridgehead atoms. The van der Waals surface area contributed by atoms with E-state index in [4.69, 9.17) is 19.9 Å². The second kappa shape index (κ2) is 11.5. The number of pyridine rings is 3. The maximum absolute atomic E-state index is 5.11. The summed E-state index contributed by atoms with van der Waals surface area (Å²) in [6.07, 6.45) is 1.79. The van der Waals surface area contributed by atoms with Crippen molar-refractivity contribution in [2.45, 2.75) is 13.8 Å². The number of fused-ring (bicyclic) bond motifs is 3. The van der Waals surface area contributed by atoms with E-state index >= 15 is 0 Å². The molecule has 0 N–H and O–H groups in total. The van der Waals surface area contributed by atoms with Crippen LogP contribution in [0.2, 0.25) is 0 Å². The summed E-state index contributed by atoms with van der Waals surface area (Å²) in [4.78, 5) is 24.5. The summed E-state index contributed by atoms with van der Waals surface area (Å²) in [5.74, 6) is 0.660. The minimum absolute atomic E-state index is 0.660. The van der Waals surface area contributed by atoms with Crippen LogP contribution in [0, 0.1) is 13.8 Å². The Morgan fingerprint density at radius 2 is 1.11 bits per heavy atom. The van der Waals surface area contributed by atoms with E-state index < -0.39 is 0 Å². The molecule has 218 valence electrons. The van der Waals surface area contributed by atoms with Gasteiger partial charge >= 0.3 is 0 Å². The number of nitrogens with zero attached hydrogens (tertiary/aromatic N) is 5. The fourth-order valence-electron chi connectivity index (χ4n) is 5.94. The topological polar surface area (TPSA) is 64.5 Å². The Balaban J connectivity index is 1.17. The zero-order valence-electron chi connectivity index (χ0n) is 25.5. The van der Waals surface area contributed by atoms with Gasteiger partial charge in [0.1, 0.15) is 0 Å². The predicted octanol–water partition coefficient (Wildman–Crippen LogP) is 9.92. The third-order valence-corrected chi connectivity index (χ3v) is 8.34. The van der Waals surface area contributed by atoms with Gasteiger partial charge in [-0.3, -0.25) is 9.97 Å². The van der Waals surface area contributed by atoms with Gasteiger partial charge in [-0.25, -0.2) is 15.0 Å². The molecule has 4 heterocycles. The standard InChI is InChI=1S/C41H29N5/c1-26-23-36(44-40-34(26)21-20-31-15-14-27(2)43-39(31)40)30-18-16-28(17-19-30)32-11-8-12-33(24-32)41-45-37(29-9-4-3-5-10-29)25-38(46-41)35-13-6-7-22-42-35/h3-25H,1-2H3. The summed E-state index contributed by atoms with van der Waals surface area (Å²) in [7, 11) is 0. The number of benzene rings is 4. The van der Waals surface area contributed by atoms with Crippen molar-refractivity contribution >= 4 is 21.8 Å². The van der Waals surface area contributed by atoms with Gasteiger partial charge in [0.25, 0.3) is 0 Å². The maximum Gasteiger partial charge on any atom is 0.160 e. The molecule has 8 rings (SSSR count). The molecule has 5 nitrogen and oxygen atoms in total. The molecule has 0 unspecified atom stereocenters. The summed E-state index contributed by atoms with van der Waals surface area (Å²) in [5.41, 5.74) is 12.7. The molecule has 0 aliphatic carbocycles. The Bertz CT molecular complexity index is 2310. The summed E-state index contributed by atoms with van der Waals surface area (Å²) in [6, 6.07) is 45.7. The molecule has 0 radical (unpaired) electrons. The summed E-state index contributed by atoms with van der Waals surface area (Å²) < 4.78 is 0. The number of aromatic nitrogens is 5. The van der Waals surface area contributed by atoms with E-state index in [0.29, 0.717) is 5.82 Å². The summed E-state index contributed by atoms with van der Waals surface area (Å²) >= 11 is 0. The van der Waals surface area contributed by atoms with E-state index in [-0.39, 0.29) is 0 Å². The number of rotatable bonds is 5. The molecule has 8 aromatic rings. The predicted molar refractivity (Wildman–Crippen MR) is 187 cm³/mol. The van der Waals surface area contributed by atoms with Crippen LogP contribution in [0.5, 0.6) is 0 Å². The Hall–Kier alpha value is -6.07. The Kier molecular flexibility index (Phi) is 6.84. The van der Waals surface area contributed by atoms with Crippen LogP contribution in [0.25, 0.3) is 78.2 Å². The minimum Gasteiger partial charge on any atom is -0.255 e. The Morgan fingerprint density at radius 3 is 1.93 bits per heavy atom. The van der Waals surface area contributed by atoms with Gasteiger partial charge in [-0.1, -0.05) is 97.1 Å².